The summed E-state index contributed by atoms with van der Waals surface area (Å²) >= 11 is 2.37. The van der Waals surface area contributed by atoms with Crippen molar-refractivity contribution in [3.05, 3.63) is 0 Å². The van der Waals surface area contributed by atoms with Crippen molar-refractivity contribution in [2.24, 2.45) is 4.99 Å². The Hall–Kier alpha value is 0.200. The molecule has 0 amide bonds. The highest BCUT2D eigenvalue weighted by atomic mass is 127. The van der Waals surface area contributed by atoms with E-state index < -0.39 is 0 Å². The Balaban J connectivity index is 4.33. The van der Waals surface area contributed by atoms with Gasteiger partial charge in [-0.05, 0) is 27.7 Å². The van der Waals surface area contributed by atoms with E-state index in [9.17, 15) is 0 Å². The summed E-state index contributed by atoms with van der Waals surface area (Å²) in [5.74, 6) is 1.23. The molecule has 0 aliphatic rings. The van der Waals surface area contributed by atoms with Gasteiger partial charge in [-0.2, -0.15) is 0 Å². The predicted octanol–water partition coefficient (Wildman–Crippen LogP) is 2.57. The van der Waals surface area contributed by atoms with Crippen LogP contribution in [0.3, 0.4) is 0 Å². The van der Waals surface area contributed by atoms with Gasteiger partial charge in [-0.25, -0.2) is 0 Å². The summed E-state index contributed by atoms with van der Waals surface area (Å²) in [4.78, 5) is 6.81. The second-order valence-electron chi connectivity index (χ2n) is 2.90. The molecule has 0 saturated heterocycles. The highest BCUT2D eigenvalue weighted by Gasteiger charge is 2.10. The number of nitrogens with zero attached hydrogens (tertiary/aromatic N) is 2. The second-order valence-corrected chi connectivity index (χ2v) is 3.67. The van der Waals surface area contributed by atoms with Crippen LogP contribution in [-0.4, -0.2) is 34.3 Å². The number of halogens is 1. The Morgan fingerprint density at radius 2 is 2.00 bits per heavy atom. The van der Waals surface area contributed by atoms with Crippen molar-refractivity contribution in [3.63, 3.8) is 0 Å². The van der Waals surface area contributed by atoms with Crippen LogP contribution in [0, 0.1) is 0 Å². The van der Waals surface area contributed by atoms with Crippen LogP contribution in [0.4, 0.5) is 0 Å². The molecule has 0 aromatic carbocycles. The highest BCUT2D eigenvalue weighted by Crippen LogP contribution is 2.02. The summed E-state index contributed by atoms with van der Waals surface area (Å²) in [5.41, 5.74) is 0. The molecule has 12 heavy (non-hydrogen) atoms. The van der Waals surface area contributed by atoms with E-state index in [4.69, 9.17) is 0 Å². The van der Waals surface area contributed by atoms with E-state index in [2.05, 4.69) is 60.2 Å². The van der Waals surface area contributed by atoms with Crippen LogP contribution in [0.1, 0.15) is 27.7 Å². The van der Waals surface area contributed by atoms with Crippen molar-refractivity contribution in [3.8, 4) is 0 Å². The summed E-state index contributed by atoms with van der Waals surface area (Å²) < 4.78 is 1.01. The Morgan fingerprint density at radius 3 is 2.25 bits per heavy atom. The van der Waals surface area contributed by atoms with Gasteiger partial charge >= 0.3 is 0 Å². The molecule has 0 bridgehead atoms. The van der Waals surface area contributed by atoms with Gasteiger partial charge in [-0.1, -0.05) is 22.6 Å². The Morgan fingerprint density at radius 1 is 1.42 bits per heavy atom. The molecular weight excluding hydrogens is 263 g/mol. The largest absolute Gasteiger partial charge is 0.358 e. The molecule has 0 atom stereocenters. The van der Waals surface area contributed by atoms with E-state index in [1.165, 1.54) is 5.84 Å². The molecule has 0 radical (unpaired) electrons. The van der Waals surface area contributed by atoms with Gasteiger partial charge in [0.2, 0.25) is 0 Å². The summed E-state index contributed by atoms with van der Waals surface area (Å²) in [6.07, 6.45) is 0. The van der Waals surface area contributed by atoms with Crippen LogP contribution in [0.15, 0.2) is 4.99 Å². The fourth-order valence-electron chi connectivity index (χ4n) is 1.24. The highest BCUT2D eigenvalue weighted by molar-refractivity contribution is 14.1. The third-order valence-electron chi connectivity index (χ3n) is 1.76. The molecule has 0 unspecified atom stereocenters. The standard InChI is InChI=1S/C9H19IN2/c1-5-11-9(7-10)12(6-2)8(3)4/h8H,5-7H2,1-4H3/b11-9-. The van der Waals surface area contributed by atoms with Crippen molar-refractivity contribution in [2.45, 2.75) is 33.7 Å². The fourth-order valence-corrected chi connectivity index (χ4v) is 1.92. The van der Waals surface area contributed by atoms with Crippen LogP contribution in [0.25, 0.3) is 0 Å². The van der Waals surface area contributed by atoms with Gasteiger partial charge in [0.25, 0.3) is 0 Å². The van der Waals surface area contributed by atoms with Gasteiger partial charge < -0.3 is 4.90 Å². The van der Waals surface area contributed by atoms with E-state index in [0.717, 1.165) is 17.5 Å². The lowest BCUT2D eigenvalue weighted by Crippen LogP contribution is -2.37. The van der Waals surface area contributed by atoms with Crippen molar-refractivity contribution in [1.29, 1.82) is 0 Å². The molecule has 2 nitrogen and oxygen atoms in total. The minimum Gasteiger partial charge on any atom is -0.358 e. The molecule has 0 saturated carbocycles. The topological polar surface area (TPSA) is 15.6 Å². The molecule has 0 aliphatic carbocycles. The lowest BCUT2D eigenvalue weighted by Gasteiger charge is -2.27. The first-order chi connectivity index (χ1) is 5.67. The van der Waals surface area contributed by atoms with Gasteiger partial charge in [0.1, 0.15) is 5.84 Å². The zero-order valence-corrected chi connectivity index (χ0v) is 10.6. The maximum Gasteiger partial charge on any atom is 0.109 e. The number of hydrogen-bond donors (Lipinski definition) is 0. The summed E-state index contributed by atoms with van der Waals surface area (Å²) in [7, 11) is 0. The molecule has 0 aromatic rings. The average Bonchev–Trinajstić information content (AvgIpc) is 2.03. The third-order valence-corrected chi connectivity index (χ3v) is 2.44. The predicted molar refractivity (Wildman–Crippen MR) is 64.4 cm³/mol. The number of aliphatic imine (C=N–C) groups is 1. The monoisotopic (exact) mass is 282 g/mol. The minimum absolute atomic E-state index is 0.565. The molecule has 0 N–H and O–H groups in total. The maximum absolute atomic E-state index is 4.47. The van der Waals surface area contributed by atoms with Gasteiger partial charge in [0.15, 0.2) is 0 Å². The van der Waals surface area contributed by atoms with E-state index in [1.807, 2.05) is 0 Å². The van der Waals surface area contributed by atoms with Crippen LogP contribution < -0.4 is 0 Å². The van der Waals surface area contributed by atoms with Crippen LogP contribution in [0.2, 0.25) is 0 Å². The van der Waals surface area contributed by atoms with Gasteiger partial charge in [0, 0.05) is 19.1 Å². The number of amidine groups is 1. The number of hydrogen-bond acceptors (Lipinski definition) is 1. The third kappa shape index (κ3) is 3.74. The fraction of sp³-hybridized carbons (Fsp3) is 0.889. The molecule has 0 fully saturated rings. The molecule has 72 valence electrons. The lowest BCUT2D eigenvalue weighted by atomic mass is 10.3. The molecule has 0 aliphatic heterocycles. The number of rotatable bonds is 4. The Bertz CT molecular complexity index is 143. The second kappa shape index (κ2) is 6.69. The first-order valence-corrected chi connectivity index (χ1v) is 6.05. The van der Waals surface area contributed by atoms with E-state index in [-0.39, 0.29) is 0 Å². The number of alkyl halides is 1. The van der Waals surface area contributed by atoms with E-state index in [1.54, 1.807) is 0 Å². The van der Waals surface area contributed by atoms with Crippen LogP contribution >= 0.6 is 22.6 Å². The smallest absolute Gasteiger partial charge is 0.109 e. The van der Waals surface area contributed by atoms with E-state index in [0.29, 0.717) is 6.04 Å². The normalized spacial score (nSPS) is 12.3. The minimum atomic E-state index is 0.565. The zero-order chi connectivity index (χ0) is 9.56. The van der Waals surface area contributed by atoms with Crippen LogP contribution in [0.5, 0.6) is 0 Å². The maximum atomic E-state index is 4.47. The van der Waals surface area contributed by atoms with Crippen molar-refractivity contribution in [1.82, 2.24) is 4.90 Å². The molecule has 0 heterocycles. The van der Waals surface area contributed by atoms with Gasteiger partial charge in [0.05, 0.1) is 4.43 Å². The first-order valence-electron chi connectivity index (χ1n) is 4.53. The van der Waals surface area contributed by atoms with Gasteiger partial charge in [-0.3, -0.25) is 4.99 Å². The zero-order valence-electron chi connectivity index (χ0n) is 8.47. The Kier molecular flexibility index (Phi) is 6.80. The summed E-state index contributed by atoms with van der Waals surface area (Å²) in [6.45, 7) is 10.6. The molecular formula is C9H19IN2. The lowest BCUT2D eigenvalue weighted by molar-refractivity contribution is 0.365. The van der Waals surface area contributed by atoms with E-state index >= 15 is 0 Å². The quantitative estimate of drug-likeness (QED) is 0.335. The first kappa shape index (κ1) is 12.2. The SMILES string of the molecule is CC/N=C(/CI)N(CC)C(C)C. The van der Waals surface area contributed by atoms with Crippen molar-refractivity contribution >= 4 is 28.4 Å². The van der Waals surface area contributed by atoms with Crippen molar-refractivity contribution < 1.29 is 0 Å². The summed E-state index contributed by atoms with van der Waals surface area (Å²) in [5, 5.41) is 0. The molecule has 3 heteroatoms. The van der Waals surface area contributed by atoms with Gasteiger partial charge in [-0.15, -0.1) is 0 Å². The van der Waals surface area contributed by atoms with Crippen molar-refractivity contribution in [2.75, 3.05) is 17.5 Å². The molecule has 0 spiro atoms. The Labute approximate surface area is 89.6 Å². The van der Waals surface area contributed by atoms with Crippen LogP contribution in [-0.2, 0) is 0 Å². The molecule has 0 rings (SSSR count). The molecule has 0 aromatic heterocycles. The summed E-state index contributed by atoms with van der Waals surface area (Å²) in [6, 6.07) is 0.565. The average molecular weight is 282 g/mol.